The zero-order chi connectivity index (χ0) is 21.6. The van der Waals surface area contributed by atoms with Crippen LogP contribution in [0.15, 0.2) is 95.5 Å². The Morgan fingerprint density at radius 3 is 2.03 bits per heavy atom. The van der Waals surface area contributed by atoms with Crippen LogP contribution >= 0.6 is 15.9 Å². The Morgan fingerprint density at radius 2 is 1.19 bits per heavy atom. The SMILES string of the molecule is CC1(C)c2ccccc2-c2ccc(-c3ccc4ccc5c(Br)ccc6ccc3c4c65)cc21. The second kappa shape index (κ2) is 6.21. The Morgan fingerprint density at radius 1 is 0.562 bits per heavy atom. The fourth-order valence-electron chi connectivity index (χ4n) is 5.89. The summed E-state index contributed by atoms with van der Waals surface area (Å²) in [5, 5.41) is 7.92. The van der Waals surface area contributed by atoms with E-state index in [0.717, 1.165) is 4.47 Å². The van der Waals surface area contributed by atoms with Gasteiger partial charge in [-0.2, -0.15) is 0 Å². The van der Waals surface area contributed by atoms with Crippen molar-refractivity contribution in [3.63, 3.8) is 0 Å². The van der Waals surface area contributed by atoms with Crippen LogP contribution in [0.4, 0.5) is 0 Å². The molecule has 0 heterocycles. The van der Waals surface area contributed by atoms with Crippen LogP contribution in [0.2, 0.25) is 0 Å². The quantitative estimate of drug-likeness (QED) is 0.209. The molecule has 6 aromatic carbocycles. The van der Waals surface area contributed by atoms with Gasteiger partial charge in [0.2, 0.25) is 0 Å². The largest absolute Gasteiger partial charge is 0.0619 e. The number of hydrogen-bond acceptors (Lipinski definition) is 0. The summed E-state index contributed by atoms with van der Waals surface area (Å²) in [5.41, 5.74) is 8.20. The van der Waals surface area contributed by atoms with Gasteiger partial charge in [0, 0.05) is 9.89 Å². The van der Waals surface area contributed by atoms with Crippen LogP contribution in [0.25, 0.3) is 54.6 Å². The van der Waals surface area contributed by atoms with E-state index in [0.29, 0.717) is 0 Å². The van der Waals surface area contributed by atoms with Crippen LogP contribution in [0.5, 0.6) is 0 Å². The molecular formula is C31H21Br. The van der Waals surface area contributed by atoms with E-state index in [1.54, 1.807) is 0 Å². The maximum atomic E-state index is 3.77. The number of benzene rings is 6. The summed E-state index contributed by atoms with van der Waals surface area (Å²) in [5.74, 6) is 0. The van der Waals surface area contributed by atoms with E-state index in [4.69, 9.17) is 0 Å². The zero-order valence-electron chi connectivity index (χ0n) is 18.0. The van der Waals surface area contributed by atoms with E-state index < -0.39 is 0 Å². The predicted molar refractivity (Wildman–Crippen MR) is 141 cm³/mol. The Labute approximate surface area is 196 Å². The fourth-order valence-corrected chi connectivity index (χ4v) is 6.35. The minimum atomic E-state index is 0.0105. The topological polar surface area (TPSA) is 0 Å². The lowest BCUT2D eigenvalue weighted by atomic mass is 9.81. The third-order valence-electron chi connectivity index (χ3n) is 7.51. The number of halogens is 1. The van der Waals surface area contributed by atoms with Crippen LogP contribution in [0, 0.1) is 0 Å². The minimum absolute atomic E-state index is 0.0105. The summed E-state index contributed by atoms with van der Waals surface area (Å²) < 4.78 is 1.15. The molecular weight excluding hydrogens is 452 g/mol. The standard InChI is InChI=1S/C31H21Br/c1-31(2)26-6-4-3-5-22(26)23-13-10-20(17-27(23)31)21-12-7-18-9-15-25-28(32)16-11-19-8-14-24(21)29(18)30(19)25/h3-17H,1-2H3. The molecule has 0 aliphatic heterocycles. The maximum absolute atomic E-state index is 3.77. The third kappa shape index (κ3) is 2.27. The highest BCUT2D eigenvalue weighted by molar-refractivity contribution is 9.10. The summed E-state index contributed by atoms with van der Waals surface area (Å²) in [7, 11) is 0. The highest BCUT2D eigenvalue weighted by Crippen LogP contribution is 2.50. The first kappa shape index (κ1) is 18.4. The van der Waals surface area contributed by atoms with E-state index in [1.807, 2.05) is 0 Å². The third-order valence-corrected chi connectivity index (χ3v) is 8.20. The molecule has 0 saturated carbocycles. The van der Waals surface area contributed by atoms with Crippen LogP contribution in [-0.2, 0) is 5.41 Å². The van der Waals surface area contributed by atoms with Crippen LogP contribution in [0.1, 0.15) is 25.0 Å². The summed E-state index contributed by atoms with van der Waals surface area (Å²) >= 11 is 3.77. The highest BCUT2D eigenvalue weighted by atomic mass is 79.9. The van der Waals surface area contributed by atoms with E-state index in [1.165, 1.54) is 65.7 Å². The Kier molecular flexibility index (Phi) is 3.57. The van der Waals surface area contributed by atoms with Crippen molar-refractivity contribution >= 4 is 48.2 Å². The van der Waals surface area contributed by atoms with Gasteiger partial charge in [-0.15, -0.1) is 0 Å². The zero-order valence-corrected chi connectivity index (χ0v) is 19.6. The van der Waals surface area contributed by atoms with E-state index >= 15 is 0 Å². The number of rotatable bonds is 1. The van der Waals surface area contributed by atoms with E-state index in [-0.39, 0.29) is 5.41 Å². The van der Waals surface area contributed by atoms with Gasteiger partial charge in [0.15, 0.2) is 0 Å². The lowest BCUT2D eigenvalue weighted by Gasteiger charge is -2.22. The molecule has 0 nitrogen and oxygen atoms in total. The molecule has 0 aromatic heterocycles. The Hall–Kier alpha value is -3.16. The molecule has 0 N–H and O–H groups in total. The Balaban J connectivity index is 1.53. The second-order valence-electron chi connectivity index (χ2n) is 9.51. The van der Waals surface area contributed by atoms with Crippen molar-refractivity contribution in [2.45, 2.75) is 19.3 Å². The van der Waals surface area contributed by atoms with Crippen LogP contribution in [-0.4, -0.2) is 0 Å². The summed E-state index contributed by atoms with van der Waals surface area (Å²) in [6.07, 6.45) is 0. The van der Waals surface area contributed by atoms with Gasteiger partial charge in [0.25, 0.3) is 0 Å². The lowest BCUT2D eigenvalue weighted by molar-refractivity contribution is 0.660. The molecule has 0 spiro atoms. The van der Waals surface area contributed by atoms with Gasteiger partial charge in [0.05, 0.1) is 0 Å². The molecule has 0 bridgehead atoms. The molecule has 6 aromatic rings. The Bertz CT molecular complexity index is 1700. The summed E-state index contributed by atoms with van der Waals surface area (Å²) in [6.45, 7) is 4.70. The van der Waals surface area contributed by atoms with Crippen molar-refractivity contribution in [3.8, 4) is 22.3 Å². The van der Waals surface area contributed by atoms with Crippen molar-refractivity contribution < 1.29 is 0 Å². The average molecular weight is 473 g/mol. The van der Waals surface area contributed by atoms with Crippen molar-refractivity contribution in [3.05, 3.63) is 107 Å². The van der Waals surface area contributed by atoms with E-state index in [9.17, 15) is 0 Å². The fraction of sp³-hybridized carbons (Fsp3) is 0.0968. The molecule has 0 amide bonds. The van der Waals surface area contributed by atoms with Crippen molar-refractivity contribution in [1.82, 2.24) is 0 Å². The smallest absolute Gasteiger partial charge is 0.0254 e. The van der Waals surface area contributed by atoms with Crippen molar-refractivity contribution in [1.29, 1.82) is 0 Å². The van der Waals surface area contributed by atoms with Crippen molar-refractivity contribution in [2.24, 2.45) is 0 Å². The summed E-state index contributed by atoms with van der Waals surface area (Å²) in [6, 6.07) is 33.9. The molecule has 1 heteroatoms. The first-order chi connectivity index (χ1) is 15.5. The molecule has 32 heavy (non-hydrogen) atoms. The molecule has 0 atom stereocenters. The highest BCUT2D eigenvalue weighted by Gasteiger charge is 2.35. The van der Waals surface area contributed by atoms with Gasteiger partial charge >= 0.3 is 0 Å². The molecule has 0 saturated heterocycles. The van der Waals surface area contributed by atoms with Crippen LogP contribution < -0.4 is 0 Å². The molecule has 0 fully saturated rings. The number of fused-ring (bicyclic) bond motifs is 3. The minimum Gasteiger partial charge on any atom is -0.0619 e. The summed E-state index contributed by atoms with van der Waals surface area (Å²) in [4.78, 5) is 0. The van der Waals surface area contributed by atoms with Gasteiger partial charge in [-0.3, -0.25) is 0 Å². The van der Waals surface area contributed by atoms with Gasteiger partial charge in [-0.25, -0.2) is 0 Å². The molecule has 152 valence electrons. The lowest BCUT2D eigenvalue weighted by Crippen LogP contribution is -2.14. The second-order valence-corrected chi connectivity index (χ2v) is 10.4. The first-order valence-corrected chi connectivity index (χ1v) is 11.9. The van der Waals surface area contributed by atoms with Gasteiger partial charge < -0.3 is 0 Å². The van der Waals surface area contributed by atoms with Gasteiger partial charge in [-0.1, -0.05) is 109 Å². The maximum Gasteiger partial charge on any atom is 0.0254 e. The average Bonchev–Trinajstić information content (AvgIpc) is 3.05. The van der Waals surface area contributed by atoms with Gasteiger partial charge in [-0.05, 0) is 77.8 Å². The molecule has 1 aliphatic carbocycles. The number of hydrogen-bond donors (Lipinski definition) is 0. The molecule has 1 aliphatic rings. The molecule has 0 radical (unpaired) electrons. The molecule has 0 unspecified atom stereocenters. The van der Waals surface area contributed by atoms with Crippen molar-refractivity contribution in [2.75, 3.05) is 0 Å². The van der Waals surface area contributed by atoms with Crippen LogP contribution in [0.3, 0.4) is 0 Å². The van der Waals surface area contributed by atoms with E-state index in [2.05, 4.69) is 121 Å². The first-order valence-electron chi connectivity index (χ1n) is 11.1. The normalized spacial score (nSPS) is 14.3. The monoisotopic (exact) mass is 472 g/mol. The molecule has 7 rings (SSSR count). The predicted octanol–water partition coefficient (Wildman–Crippen LogP) is 9.32. The van der Waals surface area contributed by atoms with Gasteiger partial charge in [0.1, 0.15) is 0 Å².